The summed E-state index contributed by atoms with van der Waals surface area (Å²) in [7, 11) is -9.90. The van der Waals surface area contributed by atoms with Crippen molar-refractivity contribution in [3.8, 4) is 0 Å². The number of phosphoric acid groups is 2. The third-order valence-electron chi connectivity index (χ3n) is 17.0. The Balaban J connectivity index is 5.20. The second-order valence-corrected chi connectivity index (χ2v) is 29.7. The molecule has 0 fully saturated rings. The Morgan fingerprint density at radius 1 is 0.293 bits per heavy atom. The molecule has 0 saturated carbocycles. The SMILES string of the molecule is CCCCCCCCCCCCCCCCCC(=O)OC[C@H](COP(=O)(O)OC[C@@H](O)COP(=O)(O)OC[C@@H](COC(=O)CCCCCCCCCC)OC(=O)CCCCCCCCCCCCC)OC(=O)CCCCCCCCCCCCCCCCCC(C)C. The lowest BCUT2D eigenvalue weighted by Crippen LogP contribution is -2.30. The maximum Gasteiger partial charge on any atom is 0.472 e. The van der Waals surface area contributed by atoms with Gasteiger partial charge >= 0.3 is 39.5 Å². The molecule has 0 bridgehead atoms. The summed E-state index contributed by atoms with van der Waals surface area (Å²) in [6, 6.07) is 0. The fourth-order valence-corrected chi connectivity index (χ4v) is 12.8. The second kappa shape index (κ2) is 66.3. The molecule has 0 radical (unpaired) electrons. The first kappa shape index (κ1) is 90.1. The van der Waals surface area contributed by atoms with Crippen molar-refractivity contribution >= 4 is 39.5 Å². The third-order valence-corrected chi connectivity index (χ3v) is 18.9. The van der Waals surface area contributed by atoms with E-state index in [1.54, 1.807) is 0 Å². The molecule has 0 rings (SSSR count). The second-order valence-electron chi connectivity index (χ2n) is 26.8. The van der Waals surface area contributed by atoms with Crippen LogP contribution in [0.1, 0.15) is 381 Å². The van der Waals surface area contributed by atoms with Crippen LogP contribution in [0.4, 0.5) is 0 Å². The van der Waals surface area contributed by atoms with Crippen molar-refractivity contribution in [1.82, 2.24) is 0 Å². The first-order chi connectivity index (χ1) is 44.5. The van der Waals surface area contributed by atoms with Gasteiger partial charge in [-0.15, -0.1) is 0 Å². The van der Waals surface area contributed by atoms with Crippen molar-refractivity contribution in [2.24, 2.45) is 5.92 Å². The molecule has 0 aliphatic heterocycles. The van der Waals surface area contributed by atoms with Gasteiger partial charge in [-0.05, 0) is 31.6 Å². The lowest BCUT2D eigenvalue weighted by Gasteiger charge is -2.21. The molecule has 0 spiro atoms. The molecule has 3 N–H and O–H groups in total. The summed E-state index contributed by atoms with van der Waals surface area (Å²) in [5, 5.41) is 10.6. The zero-order valence-electron chi connectivity index (χ0n) is 59.7. The molecule has 92 heavy (non-hydrogen) atoms. The van der Waals surface area contributed by atoms with Gasteiger partial charge in [-0.1, -0.05) is 330 Å². The highest BCUT2D eigenvalue weighted by atomic mass is 31.2. The summed E-state index contributed by atoms with van der Waals surface area (Å²) in [5.41, 5.74) is 0. The molecule has 0 saturated heterocycles. The number of rotatable bonds is 73. The fourth-order valence-electron chi connectivity index (χ4n) is 11.2. The Kier molecular flexibility index (Phi) is 64.9. The lowest BCUT2D eigenvalue weighted by atomic mass is 10.0. The van der Waals surface area contributed by atoms with Gasteiger partial charge in [0.05, 0.1) is 26.4 Å². The highest BCUT2D eigenvalue weighted by Crippen LogP contribution is 2.45. The monoisotopic (exact) mass is 1350 g/mol. The van der Waals surface area contributed by atoms with Gasteiger partial charge in [0, 0.05) is 25.7 Å². The Morgan fingerprint density at radius 3 is 0.739 bits per heavy atom. The van der Waals surface area contributed by atoms with Crippen molar-refractivity contribution in [3.05, 3.63) is 0 Å². The number of unbranched alkanes of at least 4 members (excludes halogenated alkanes) is 45. The van der Waals surface area contributed by atoms with Crippen LogP contribution in [0.15, 0.2) is 0 Å². The smallest absolute Gasteiger partial charge is 0.462 e. The van der Waals surface area contributed by atoms with Crippen LogP contribution in [-0.2, 0) is 65.4 Å². The molecule has 0 aliphatic rings. The first-order valence-electron chi connectivity index (χ1n) is 38.1. The number of hydrogen-bond acceptors (Lipinski definition) is 15. The zero-order chi connectivity index (χ0) is 67.7. The van der Waals surface area contributed by atoms with E-state index in [2.05, 4.69) is 34.6 Å². The van der Waals surface area contributed by atoms with E-state index in [-0.39, 0.29) is 25.7 Å². The van der Waals surface area contributed by atoms with E-state index in [0.717, 1.165) is 102 Å². The normalized spacial score (nSPS) is 14.0. The van der Waals surface area contributed by atoms with Gasteiger partial charge < -0.3 is 33.8 Å². The summed E-state index contributed by atoms with van der Waals surface area (Å²) in [5.74, 6) is -1.32. The van der Waals surface area contributed by atoms with Crippen LogP contribution in [0.25, 0.3) is 0 Å². The summed E-state index contributed by atoms with van der Waals surface area (Å²) >= 11 is 0. The Morgan fingerprint density at radius 2 is 0.500 bits per heavy atom. The first-order valence-corrected chi connectivity index (χ1v) is 41.1. The molecule has 19 heteroatoms. The van der Waals surface area contributed by atoms with Crippen LogP contribution in [0.2, 0.25) is 0 Å². The molecular formula is C73H142O17P2. The number of ether oxygens (including phenoxy) is 4. The molecule has 0 aromatic rings. The zero-order valence-corrected chi connectivity index (χ0v) is 61.5. The summed E-state index contributed by atoms with van der Waals surface area (Å²) in [6.45, 7) is 7.27. The van der Waals surface area contributed by atoms with E-state index in [4.69, 9.17) is 37.0 Å². The minimum absolute atomic E-state index is 0.107. The number of carbonyl (C=O) groups is 4. The predicted molar refractivity (Wildman–Crippen MR) is 372 cm³/mol. The fraction of sp³-hybridized carbons (Fsp3) is 0.945. The number of carbonyl (C=O) groups excluding carboxylic acids is 4. The molecular weight excluding hydrogens is 1210 g/mol. The molecule has 0 amide bonds. The Labute approximate surface area is 562 Å². The van der Waals surface area contributed by atoms with Gasteiger partial charge in [-0.2, -0.15) is 0 Å². The van der Waals surface area contributed by atoms with Gasteiger partial charge in [0.25, 0.3) is 0 Å². The van der Waals surface area contributed by atoms with E-state index in [1.165, 1.54) is 199 Å². The van der Waals surface area contributed by atoms with E-state index >= 15 is 0 Å². The van der Waals surface area contributed by atoms with Crippen molar-refractivity contribution < 1.29 is 80.2 Å². The minimum atomic E-state index is -4.95. The molecule has 546 valence electrons. The van der Waals surface area contributed by atoms with E-state index < -0.39 is 97.5 Å². The highest BCUT2D eigenvalue weighted by Gasteiger charge is 2.30. The largest absolute Gasteiger partial charge is 0.472 e. The quantitative estimate of drug-likeness (QED) is 0.0222. The van der Waals surface area contributed by atoms with Gasteiger partial charge in [0.2, 0.25) is 0 Å². The summed E-state index contributed by atoms with van der Waals surface area (Å²) < 4.78 is 68.3. The van der Waals surface area contributed by atoms with E-state index in [1.807, 2.05) is 0 Å². The minimum Gasteiger partial charge on any atom is -0.462 e. The van der Waals surface area contributed by atoms with Crippen LogP contribution in [0, 0.1) is 5.92 Å². The van der Waals surface area contributed by atoms with Gasteiger partial charge in [0.1, 0.15) is 19.3 Å². The maximum absolute atomic E-state index is 13.1. The van der Waals surface area contributed by atoms with Crippen LogP contribution in [0.5, 0.6) is 0 Å². The summed E-state index contributed by atoms with van der Waals surface area (Å²) in [4.78, 5) is 72.6. The average molecular weight is 1350 g/mol. The van der Waals surface area contributed by atoms with Crippen LogP contribution >= 0.6 is 15.6 Å². The van der Waals surface area contributed by atoms with Crippen molar-refractivity contribution in [3.63, 3.8) is 0 Å². The predicted octanol–water partition coefficient (Wildman–Crippen LogP) is 21.3. The molecule has 5 atom stereocenters. The van der Waals surface area contributed by atoms with Gasteiger partial charge in [-0.3, -0.25) is 37.3 Å². The number of aliphatic hydroxyl groups excluding tert-OH is 1. The van der Waals surface area contributed by atoms with Gasteiger partial charge in [0.15, 0.2) is 12.2 Å². The highest BCUT2D eigenvalue weighted by molar-refractivity contribution is 7.47. The van der Waals surface area contributed by atoms with Crippen LogP contribution < -0.4 is 0 Å². The van der Waals surface area contributed by atoms with E-state index in [9.17, 15) is 43.2 Å². The average Bonchev–Trinajstić information content (AvgIpc) is 1.90. The number of esters is 4. The number of phosphoric ester groups is 2. The van der Waals surface area contributed by atoms with Gasteiger partial charge in [-0.25, -0.2) is 9.13 Å². The Hall–Kier alpha value is -1.94. The maximum atomic E-state index is 13.1. The standard InChI is InChI=1S/C73H142O17P2/c1-6-9-12-15-18-21-23-24-26-30-34-37-42-47-52-57-71(76)84-63-69(90-73(78)59-54-49-44-39-35-31-28-25-27-29-33-36-40-45-50-55-66(4)5)65-88-92(81,82)86-61-67(74)60-85-91(79,80)87-64-68(62-83-70(75)56-51-46-41-20-17-14-11-8-3)89-72(77)58-53-48-43-38-32-22-19-16-13-10-7-2/h66-69,74H,6-65H2,1-5H3,(H,79,80)(H,81,82)/t67-,68+,69+/m0/s1. The number of hydrogen-bond donors (Lipinski definition) is 3. The Bertz CT molecular complexity index is 1770. The third kappa shape index (κ3) is 66.7. The van der Waals surface area contributed by atoms with Crippen LogP contribution in [-0.4, -0.2) is 96.7 Å². The molecule has 0 aromatic heterocycles. The lowest BCUT2D eigenvalue weighted by molar-refractivity contribution is -0.161. The summed E-state index contributed by atoms with van der Waals surface area (Å²) in [6.07, 6.45) is 54.1. The van der Waals surface area contributed by atoms with Crippen LogP contribution in [0.3, 0.4) is 0 Å². The molecule has 0 aromatic carbocycles. The van der Waals surface area contributed by atoms with E-state index in [0.29, 0.717) is 25.7 Å². The topological polar surface area (TPSA) is 237 Å². The molecule has 0 heterocycles. The molecule has 0 aliphatic carbocycles. The van der Waals surface area contributed by atoms with Crippen molar-refractivity contribution in [1.29, 1.82) is 0 Å². The van der Waals surface area contributed by atoms with Crippen molar-refractivity contribution in [2.45, 2.75) is 400 Å². The number of aliphatic hydroxyl groups is 1. The van der Waals surface area contributed by atoms with Crippen molar-refractivity contribution in [2.75, 3.05) is 39.6 Å². The molecule has 17 nitrogen and oxygen atoms in total. The molecule has 2 unspecified atom stereocenters.